The Morgan fingerprint density at radius 1 is 1.50 bits per heavy atom. The van der Waals surface area contributed by atoms with E-state index in [9.17, 15) is 0 Å². The van der Waals surface area contributed by atoms with Gasteiger partial charge < -0.3 is 5.11 Å². The number of carboxylic acids is 1. The Morgan fingerprint density at radius 2 is 1.50 bits per heavy atom. The van der Waals surface area contributed by atoms with Gasteiger partial charge in [0.2, 0.25) is 0 Å². The molecule has 0 spiro atoms. The molecule has 0 aromatic heterocycles. The average molecular weight is 288 g/mol. The fraction of sp³-hybridized carbons (Fsp3) is 0.500. The first-order valence-electron chi connectivity index (χ1n) is 1.43. The number of halogens is 3. The predicted octanol–water partition coefficient (Wildman–Crippen LogP) is 1.78. The summed E-state index contributed by atoms with van der Waals surface area (Å²) in [7, 11) is 15.0. The van der Waals surface area contributed by atoms with Crippen molar-refractivity contribution in [2.75, 3.05) is 0 Å². The minimum atomic E-state index is -2.03. The molecule has 0 saturated carbocycles. The molecule has 0 saturated heterocycles. The predicted molar refractivity (Wildman–Crippen MR) is 36.6 cm³/mol. The zero-order valence-electron chi connectivity index (χ0n) is 3.94. The van der Waals surface area contributed by atoms with Crippen molar-refractivity contribution >= 4 is 49.2 Å². The summed E-state index contributed by atoms with van der Waals surface area (Å²) in [5, 5.41) is 7.42. The van der Waals surface area contributed by atoms with Gasteiger partial charge >= 0.3 is 43.3 Å². The Labute approximate surface area is 65.7 Å². The molecule has 0 unspecified atom stereocenters. The second-order valence-corrected chi connectivity index (χ2v) is 12.1. The van der Waals surface area contributed by atoms with Crippen LogP contribution in [0.4, 0.5) is 0 Å². The van der Waals surface area contributed by atoms with Crippen LogP contribution < -0.4 is 0 Å². The molecule has 0 atom stereocenters. The van der Waals surface area contributed by atoms with E-state index in [1.54, 1.807) is 0 Å². The van der Waals surface area contributed by atoms with Gasteiger partial charge in [-0.25, -0.2) is 0 Å². The van der Waals surface area contributed by atoms with Gasteiger partial charge in [0.25, 0.3) is 5.97 Å². The molecule has 0 rings (SSSR count). The van der Waals surface area contributed by atoms with E-state index < -0.39 is 22.8 Å². The van der Waals surface area contributed by atoms with Crippen LogP contribution in [0.5, 0.6) is 0 Å². The van der Waals surface area contributed by atoms with E-state index in [-0.39, 0.29) is 0 Å². The Balaban J connectivity index is 0. The summed E-state index contributed by atoms with van der Waals surface area (Å²) in [6, 6.07) is 0. The van der Waals surface area contributed by atoms with E-state index in [4.69, 9.17) is 36.4 Å². The van der Waals surface area contributed by atoms with Gasteiger partial charge in [-0.1, -0.05) is 0 Å². The van der Waals surface area contributed by atoms with Crippen LogP contribution in [-0.2, 0) is 4.79 Å². The fourth-order valence-corrected chi connectivity index (χ4v) is 0. The molecule has 0 amide bonds. The van der Waals surface area contributed by atoms with Gasteiger partial charge in [-0.3, -0.25) is 4.79 Å². The molecule has 6 heteroatoms. The number of carbonyl (C=O) groups is 1. The van der Waals surface area contributed by atoms with Crippen LogP contribution in [-0.4, -0.2) is 27.9 Å². The molecule has 0 aliphatic heterocycles. The third-order valence-corrected chi connectivity index (χ3v) is 0. The molecule has 0 radical (unpaired) electrons. The molecular weight excluding hydrogens is 284 g/mol. The summed E-state index contributed by atoms with van der Waals surface area (Å²) in [5.74, 6) is -0.833. The first-order chi connectivity index (χ1) is 3.46. The average Bonchev–Trinajstić information content (AvgIpc) is 1.25. The van der Waals surface area contributed by atoms with Gasteiger partial charge in [0, 0.05) is 6.92 Å². The fourth-order valence-electron chi connectivity index (χ4n) is 0. The molecule has 0 aliphatic rings. The summed E-state index contributed by atoms with van der Waals surface area (Å²) in [4.78, 5) is 9.00. The van der Waals surface area contributed by atoms with Crippen molar-refractivity contribution in [1.29, 1.82) is 0 Å². The van der Waals surface area contributed by atoms with Crippen molar-refractivity contribution in [2.24, 2.45) is 0 Å². The zero-order valence-corrected chi connectivity index (χ0v) is 8.76. The maximum atomic E-state index is 9.00. The molecule has 0 aromatic carbocycles. The van der Waals surface area contributed by atoms with E-state index in [2.05, 4.69) is 0 Å². The molecule has 0 aromatic rings. The summed E-state index contributed by atoms with van der Waals surface area (Å²) >= 11 is -2.03. The Kier molecular flexibility index (Phi) is 12.1. The van der Waals surface area contributed by atoms with Crippen LogP contribution in [0.1, 0.15) is 6.92 Å². The monoisotopic (exact) mass is 286 g/mol. The maximum absolute atomic E-state index is 9.00. The van der Waals surface area contributed by atoms with Gasteiger partial charge in [0.15, 0.2) is 0 Å². The Morgan fingerprint density at radius 3 is 1.50 bits per heavy atom. The van der Waals surface area contributed by atoms with Gasteiger partial charge in [-0.05, 0) is 0 Å². The van der Waals surface area contributed by atoms with Crippen LogP contribution in [0.3, 0.4) is 0 Å². The van der Waals surface area contributed by atoms with Crippen LogP contribution in [0.2, 0.25) is 0 Å². The van der Waals surface area contributed by atoms with Crippen molar-refractivity contribution in [3.05, 3.63) is 0 Å². The Hall–Kier alpha value is 1.16. The van der Waals surface area contributed by atoms with Crippen LogP contribution in [0.25, 0.3) is 0 Å². The molecule has 0 heterocycles. The number of rotatable bonds is 0. The second kappa shape index (κ2) is 8.16. The normalized spacial score (nSPS) is 7.62. The van der Waals surface area contributed by atoms with Crippen LogP contribution in [0, 0.1) is 0 Å². The molecule has 0 bridgehead atoms. The molecule has 8 heavy (non-hydrogen) atoms. The first kappa shape index (κ1) is 11.9. The minimum absolute atomic E-state index is 0.833. The Bertz CT molecular complexity index is 59.5. The number of carboxylic acid groups (broad SMARTS) is 1. The first-order valence-corrected chi connectivity index (χ1v) is 11.1. The zero-order chi connectivity index (χ0) is 7.15. The van der Waals surface area contributed by atoms with Crippen molar-refractivity contribution in [3.63, 3.8) is 0 Å². The molecule has 1 N–H and O–H groups in total. The molecule has 0 aliphatic carbocycles. The number of aliphatic carboxylic acids is 1. The molecule has 2 nitrogen and oxygen atoms in total. The summed E-state index contributed by atoms with van der Waals surface area (Å²) in [6.45, 7) is 1.08. The van der Waals surface area contributed by atoms with Gasteiger partial charge in [-0.2, -0.15) is 0 Å². The second-order valence-electron chi connectivity index (χ2n) is 0.711. The molecular formula is C2H4Cl3O2Sb. The quantitative estimate of drug-likeness (QED) is 0.690. The van der Waals surface area contributed by atoms with E-state index in [1.165, 1.54) is 0 Å². The van der Waals surface area contributed by atoms with E-state index >= 15 is 0 Å². The third kappa shape index (κ3) is 202. The summed E-state index contributed by atoms with van der Waals surface area (Å²) < 4.78 is 0. The van der Waals surface area contributed by atoms with Crippen molar-refractivity contribution in [2.45, 2.75) is 6.92 Å². The van der Waals surface area contributed by atoms with Gasteiger partial charge in [0.1, 0.15) is 0 Å². The van der Waals surface area contributed by atoms with E-state index in [1.807, 2.05) is 0 Å². The van der Waals surface area contributed by atoms with Crippen molar-refractivity contribution in [1.82, 2.24) is 0 Å². The summed E-state index contributed by atoms with van der Waals surface area (Å²) in [5.41, 5.74) is 0. The topological polar surface area (TPSA) is 37.3 Å². The van der Waals surface area contributed by atoms with Crippen LogP contribution >= 0.6 is 26.5 Å². The van der Waals surface area contributed by atoms with Gasteiger partial charge in [-0.15, -0.1) is 0 Å². The summed E-state index contributed by atoms with van der Waals surface area (Å²) in [6.07, 6.45) is 0. The number of hydrogen-bond donors (Lipinski definition) is 1. The van der Waals surface area contributed by atoms with Crippen LogP contribution in [0.15, 0.2) is 0 Å². The molecule has 0 fully saturated rings. The van der Waals surface area contributed by atoms with E-state index in [0.717, 1.165) is 6.92 Å². The third-order valence-electron chi connectivity index (χ3n) is 0. The molecule has 50 valence electrons. The van der Waals surface area contributed by atoms with Crippen molar-refractivity contribution in [3.8, 4) is 0 Å². The van der Waals surface area contributed by atoms with E-state index in [0.29, 0.717) is 0 Å². The number of hydrogen-bond acceptors (Lipinski definition) is 1. The van der Waals surface area contributed by atoms with Crippen molar-refractivity contribution < 1.29 is 9.90 Å². The SMILES string of the molecule is CC(=O)O.[Cl][Sb]([Cl])[Cl]. The standard InChI is InChI=1S/C2H4O2.3ClH.Sb/c1-2(3)4;;;;/h1H3,(H,3,4);3*1H;/q;;;;+3/p-3. The van der Waals surface area contributed by atoms with Gasteiger partial charge in [0.05, 0.1) is 0 Å².